The third-order valence-electron chi connectivity index (χ3n) is 5.84. The zero-order chi connectivity index (χ0) is 20.3. The number of benzene rings is 4. The highest BCUT2D eigenvalue weighted by molar-refractivity contribution is 7.95. The predicted octanol–water partition coefficient (Wildman–Crippen LogP) is 3.11. The van der Waals surface area contributed by atoms with Gasteiger partial charge in [0.2, 0.25) is 0 Å². The van der Waals surface area contributed by atoms with Crippen molar-refractivity contribution in [1.82, 2.24) is 0 Å². The van der Waals surface area contributed by atoms with Crippen LogP contribution in [-0.2, 0) is 6.16 Å². The van der Waals surface area contributed by atoms with Gasteiger partial charge in [0.05, 0.1) is 6.16 Å². The molecular formula is C28H28ClP. The fourth-order valence-electron chi connectivity index (χ4n) is 4.48. The van der Waals surface area contributed by atoms with Crippen molar-refractivity contribution >= 4 is 23.2 Å². The van der Waals surface area contributed by atoms with Gasteiger partial charge in [-0.05, 0) is 61.2 Å². The first-order valence-corrected chi connectivity index (χ1v) is 12.2. The molecule has 0 bridgehead atoms. The molecule has 4 aromatic carbocycles. The summed E-state index contributed by atoms with van der Waals surface area (Å²) >= 11 is 0. The molecular weight excluding hydrogens is 403 g/mol. The summed E-state index contributed by atoms with van der Waals surface area (Å²) in [5.41, 5.74) is 5.53. The first-order chi connectivity index (χ1) is 14.1. The topological polar surface area (TPSA) is 0 Å². The highest BCUT2D eigenvalue weighted by atomic mass is 35.5. The molecule has 0 unspecified atom stereocenters. The van der Waals surface area contributed by atoms with Gasteiger partial charge in [0.1, 0.15) is 23.2 Å². The van der Waals surface area contributed by atoms with Crippen LogP contribution in [0.25, 0.3) is 0 Å². The minimum atomic E-state index is -1.89. The average Bonchev–Trinajstić information content (AvgIpc) is 2.74. The van der Waals surface area contributed by atoms with Crippen LogP contribution in [0.1, 0.15) is 22.3 Å². The van der Waals surface area contributed by atoms with Crippen molar-refractivity contribution in [3.8, 4) is 0 Å². The van der Waals surface area contributed by atoms with Gasteiger partial charge < -0.3 is 12.4 Å². The Hall–Kier alpha value is -2.40. The highest BCUT2D eigenvalue weighted by Crippen LogP contribution is 2.59. The number of rotatable bonds is 5. The lowest BCUT2D eigenvalue weighted by Gasteiger charge is -2.31. The zero-order valence-corrected chi connectivity index (χ0v) is 19.5. The van der Waals surface area contributed by atoms with E-state index in [-0.39, 0.29) is 12.4 Å². The molecule has 0 heterocycles. The third-order valence-corrected chi connectivity index (χ3v) is 10.7. The maximum absolute atomic E-state index is 2.37. The van der Waals surface area contributed by atoms with Gasteiger partial charge in [0.15, 0.2) is 0 Å². The molecule has 0 aliphatic carbocycles. The Kier molecular flexibility index (Phi) is 7.14. The second kappa shape index (κ2) is 9.61. The first-order valence-electron chi connectivity index (χ1n) is 10.2. The fourth-order valence-corrected chi connectivity index (χ4v) is 9.58. The molecule has 0 fully saturated rings. The maximum Gasteiger partial charge on any atom is 0.117 e. The third kappa shape index (κ3) is 4.08. The van der Waals surface area contributed by atoms with Crippen LogP contribution in [0.3, 0.4) is 0 Å². The molecule has 4 rings (SSSR count). The molecule has 0 saturated heterocycles. The summed E-state index contributed by atoms with van der Waals surface area (Å²) in [7, 11) is -1.89. The summed E-state index contributed by atoms with van der Waals surface area (Å²) < 4.78 is 0. The van der Waals surface area contributed by atoms with Crippen LogP contribution in [0.4, 0.5) is 0 Å². The monoisotopic (exact) mass is 430 g/mol. The summed E-state index contributed by atoms with van der Waals surface area (Å²) in [5, 5.41) is 4.48. The Morgan fingerprint density at radius 3 is 1.17 bits per heavy atom. The molecule has 0 radical (unpaired) electrons. The fraction of sp³-hybridized carbons (Fsp3) is 0.143. The second-order valence-electron chi connectivity index (χ2n) is 7.81. The summed E-state index contributed by atoms with van der Waals surface area (Å²) in [6, 6.07) is 38.0. The molecule has 0 spiro atoms. The van der Waals surface area contributed by atoms with Gasteiger partial charge in [-0.3, -0.25) is 0 Å². The largest absolute Gasteiger partial charge is 1.00 e. The Morgan fingerprint density at radius 2 is 0.800 bits per heavy atom. The van der Waals surface area contributed by atoms with E-state index in [9.17, 15) is 0 Å². The van der Waals surface area contributed by atoms with Gasteiger partial charge in [-0.2, -0.15) is 0 Å². The molecule has 0 nitrogen and oxygen atoms in total. The van der Waals surface area contributed by atoms with E-state index in [2.05, 4.69) is 124 Å². The van der Waals surface area contributed by atoms with E-state index in [4.69, 9.17) is 0 Å². The molecule has 0 aliphatic rings. The number of aryl methyl sites for hydroxylation is 3. The van der Waals surface area contributed by atoms with Gasteiger partial charge in [-0.25, -0.2) is 0 Å². The average molecular weight is 431 g/mol. The molecule has 2 heteroatoms. The quantitative estimate of drug-likeness (QED) is 0.427. The summed E-state index contributed by atoms with van der Waals surface area (Å²) in [5.74, 6) is 0. The predicted molar refractivity (Wildman–Crippen MR) is 130 cm³/mol. The Bertz CT molecular complexity index is 1010. The van der Waals surface area contributed by atoms with E-state index in [1.807, 2.05) is 0 Å². The van der Waals surface area contributed by atoms with Gasteiger partial charge in [0.25, 0.3) is 0 Å². The van der Waals surface area contributed by atoms with Crippen LogP contribution in [0.2, 0.25) is 0 Å². The van der Waals surface area contributed by atoms with E-state index in [0.717, 1.165) is 6.16 Å². The number of halogens is 1. The van der Waals surface area contributed by atoms with Gasteiger partial charge in [-0.1, -0.05) is 84.9 Å². The van der Waals surface area contributed by atoms with Crippen LogP contribution in [0.15, 0.2) is 103 Å². The maximum atomic E-state index is 2.37. The molecule has 4 aromatic rings. The van der Waals surface area contributed by atoms with Crippen molar-refractivity contribution in [2.75, 3.05) is 0 Å². The molecule has 152 valence electrons. The molecule has 0 aliphatic heterocycles. The van der Waals surface area contributed by atoms with E-state index >= 15 is 0 Å². The highest BCUT2D eigenvalue weighted by Gasteiger charge is 2.48. The molecule has 0 amide bonds. The summed E-state index contributed by atoms with van der Waals surface area (Å²) in [6.07, 6.45) is 1.04. The van der Waals surface area contributed by atoms with E-state index in [1.165, 1.54) is 38.2 Å². The van der Waals surface area contributed by atoms with Crippen molar-refractivity contribution in [2.24, 2.45) is 0 Å². The van der Waals surface area contributed by atoms with Crippen LogP contribution in [-0.4, -0.2) is 0 Å². The van der Waals surface area contributed by atoms with E-state index < -0.39 is 7.26 Å². The zero-order valence-electron chi connectivity index (χ0n) is 17.8. The SMILES string of the molecule is Cc1ccccc1[P+](Cc1ccccc1)(c1ccccc1C)c1ccccc1C.[Cl-]. The lowest BCUT2D eigenvalue weighted by molar-refractivity contribution is -0.00000589. The van der Waals surface area contributed by atoms with Crippen molar-refractivity contribution in [1.29, 1.82) is 0 Å². The molecule has 0 atom stereocenters. The molecule has 30 heavy (non-hydrogen) atoms. The lowest BCUT2D eigenvalue weighted by atomic mass is 10.2. The van der Waals surface area contributed by atoms with Gasteiger partial charge >= 0.3 is 0 Å². The summed E-state index contributed by atoms with van der Waals surface area (Å²) in [6.45, 7) is 6.81. The number of hydrogen-bond acceptors (Lipinski definition) is 0. The van der Waals surface area contributed by atoms with E-state index in [0.29, 0.717) is 0 Å². The second-order valence-corrected chi connectivity index (χ2v) is 11.2. The van der Waals surface area contributed by atoms with Crippen molar-refractivity contribution in [3.63, 3.8) is 0 Å². The van der Waals surface area contributed by atoms with Gasteiger partial charge in [-0.15, -0.1) is 0 Å². The van der Waals surface area contributed by atoms with Gasteiger partial charge in [0, 0.05) is 0 Å². The molecule has 0 N–H and O–H groups in total. The Morgan fingerprint density at radius 1 is 0.467 bits per heavy atom. The van der Waals surface area contributed by atoms with Crippen LogP contribution < -0.4 is 28.3 Å². The smallest absolute Gasteiger partial charge is 0.117 e. The van der Waals surface area contributed by atoms with E-state index in [1.54, 1.807) is 0 Å². The normalized spacial score (nSPS) is 11.0. The van der Waals surface area contributed by atoms with Crippen LogP contribution >= 0.6 is 7.26 Å². The minimum Gasteiger partial charge on any atom is -1.00 e. The lowest BCUT2D eigenvalue weighted by Crippen LogP contribution is -3.00. The van der Waals surface area contributed by atoms with Crippen LogP contribution in [0.5, 0.6) is 0 Å². The number of hydrogen-bond donors (Lipinski definition) is 0. The summed E-state index contributed by atoms with van der Waals surface area (Å²) in [4.78, 5) is 0. The molecule has 0 saturated carbocycles. The Labute approximate surface area is 187 Å². The minimum absolute atomic E-state index is 0. The molecule has 0 aromatic heterocycles. The van der Waals surface area contributed by atoms with Crippen molar-refractivity contribution in [2.45, 2.75) is 26.9 Å². The van der Waals surface area contributed by atoms with Crippen molar-refractivity contribution in [3.05, 3.63) is 125 Å². The van der Waals surface area contributed by atoms with Crippen LogP contribution in [0, 0.1) is 20.8 Å². The standard InChI is InChI=1S/C28H28P.ClH/c1-22-13-7-10-18-26(22)29(21-25-16-5-4-6-17-25,27-19-11-8-14-23(27)2)28-20-12-9-15-24(28)3;/h4-20H,21H2,1-3H3;1H/q+1;/p-1. The Balaban J connectivity index is 0.00000256. The van der Waals surface area contributed by atoms with Crippen molar-refractivity contribution < 1.29 is 12.4 Å². The first kappa shape index (κ1) is 22.3.